The summed E-state index contributed by atoms with van der Waals surface area (Å²) in [6.07, 6.45) is 3.93. The molecule has 0 radical (unpaired) electrons. The average Bonchev–Trinajstić information content (AvgIpc) is 3.43. The van der Waals surface area contributed by atoms with Crippen LogP contribution in [0.1, 0.15) is 10.4 Å². The minimum Gasteiger partial charge on any atom is -0.368 e. The van der Waals surface area contributed by atoms with E-state index >= 15 is 0 Å². The summed E-state index contributed by atoms with van der Waals surface area (Å²) in [4.78, 5) is 21.7. The van der Waals surface area contributed by atoms with E-state index in [2.05, 4.69) is 9.88 Å². The molecule has 4 aromatic rings. The normalized spacial score (nSPS) is 14.5. The van der Waals surface area contributed by atoms with Crippen LogP contribution >= 0.6 is 11.3 Å². The highest BCUT2D eigenvalue weighted by Crippen LogP contribution is 2.27. The molecule has 1 fully saturated rings. The van der Waals surface area contributed by atoms with Crippen molar-refractivity contribution in [3.8, 4) is 5.13 Å². The van der Waals surface area contributed by atoms with Crippen molar-refractivity contribution in [2.45, 2.75) is 0 Å². The van der Waals surface area contributed by atoms with Crippen LogP contribution in [-0.2, 0) is 0 Å². The summed E-state index contributed by atoms with van der Waals surface area (Å²) >= 11 is 1.57. The molecule has 7 heteroatoms. The number of piperazine rings is 1. The van der Waals surface area contributed by atoms with Gasteiger partial charge in [0.05, 0.1) is 10.2 Å². The smallest absolute Gasteiger partial charge is 0.254 e. The fourth-order valence-electron chi connectivity index (χ4n) is 3.62. The van der Waals surface area contributed by atoms with Crippen LogP contribution in [0.25, 0.3) is 15.3 Å². The van der Waals surface area contributed by atoms with E-state index in [4.69, 9.17) is 0 Å². The van der Waals surface area contributed by atoms with Gasteiger partial charge >= 0.3 is 0 Å². The zero-order valence-electron chi connectivity index (χ0n) is 15.7. The highest BCUT2D eigenvalue weighted by atomic mass is 32.1. The largest absolute Gasteiger partial charge is 0.368 e. The predicted octanol–water partition coefficient (Wildman–Crippen LogP) is 4.19. The highest BCUT2D eigenvalue weighted by Gasteiger charge is 2.23. The van der Waals surface area contributed by atoms with Crippen LogP contribution in [0.5, 0.6) is 0 Å². The molecule has 2 aromatic heterocycles. The number of fused-ring (bicyclic) bond motifs is 1. The van der Waals surface area contributed by atoms with Gasteiger partial charge in [0, 0.05) is 49.8 Å². The van der Waals surface area contributed by atoms with Crippen molar-refractivity contribution in [3.05, 3.63) is 78.4 Å². The molecule has 0 saturated carbocycles. The molecule has 1 saturated heterocycles. The molecular weight excluding hydrogens is 387 g/mol. The lowest BCUT2D eigenvalue weighted by molar-refractivity contribution is 0.0747. The standard InChI is InChI=1S/C22H19FN4OS/c23-17-4-6-18(7-5-17)25-11-13-26(14-12-25)21(28)16-3-8-19-20(15-16)29-22(24-19)27-9-1-2-10-27/h1-10,15H,11-14H2. The van der Waals surface area contributed by atoms with E-state index in [0.29, 0.717) is 18.7 Å². The van der Waals surface area contributed by atoms with Crippen molar-refractivity contribution >= 4 is 33.1 Å². The number of hydrogen-bond acceptors (Lipinski definition) is 4. The number of nitrogens with zero attached hydrogens (tertiary/aromatic N) is 4. The van der Waals surface area contributed by atoms with Gasteiger partial charge in [0.2, 0.25) is 0 Å². The Morgan fingerprint density at radius 1 is 0.966 bits per heavy atom. The van der Waals surface area contributed by atoms with Crippen LogP contribution in [-0.4, -0.2) is 46.5 Å². The van der Waals surface area contributed by atoms with Crippen molar-refractivity contribution in [2.24, 2.45) is 0 Å². The first-order chi connectivity index (χ1) is 14.2. The molecule has 0 N–H and O–H groups in total. The Kier molecular flexibility index (Phi) is 4.52. The Morgan fingerprint density at radius 3 is 2.41 bits per heavy atom. The SMILES string of the molecule is O=C(c1ccc2nc(-n3cccc3)sc2c1)N1CCN(c2ccc(F)cc2)CC1. The van der Waals surface area contributed by atoms with Gasteiger partial charge in [-0.3, -0.25) is 4.79 Å². The van der Waals surface area contributed by atoms with Crippen molar-refractivity contribution < 1.29 is 9.18 Å². The van der Waals surface area contributed by atoms with Crippen LogP contribution < -0.4 is 4.90 Å². The fourth-order valence-corrected chi connectivity index (χ4v) is 4.59. The first-order valence-electron chi connectivity index (χ1n) is 9.51. The monoisotopic (exact) mass is 406 g/mol. The van der Waals surface area contributed by atoms with Gasteiger partial charge in [0.15, 0.2) is 5.13 Å². The molecule has 0 spiro atoms. The number of carbonyl (C=O) groups is 1. The van der Waals surface area contributed by atoms with Crippen LogP contribution in [0.2, 0.25) is 0 Å². The Bertz CT molecular complexity index is 1150. The molecule has 29 heavy (non-hydrogen) atoms. The van der Waals surface area contributed by atoms with E-state index in [1.54, 1.807) is 23.5 Å². The first-order valence-corrected chi connectivity index (χ1v) is 10.3. The number of halogens is 1. The van der Waals surface area contributed by atoms with Crippen molar-refractivity contribution in [3.63, 3.8) is 0 Å². The van der Waals surface area contributed by atoms with Gasteiger partial charge in [-0.15, -0.1) is 0 Å². The molecule has 0 atom stereocenters. The first kappa shape index (κ1) is 17.9. The minimum absolute atomic E-state index is 0.0431. The molecule has 0 aliphatic carbocycles. The van der Waals surface area contributed by atoms with Gasteiger partial charge in [0.1, 0.15) is 5.82 Å². The number of amides is 1. The van der Waals surface area contributed by atoms with E-state index < -0.39 is 0 Å². The van der Waals surface area contributed by atoms with Crippen LogP contribution in [0.15, 0.2) is 67.0 Å². The van der Waals surface area contributed by atoms with Crippen molar-refractivity contribution in [2.75, 3.05) is 31.1 Å². The molecule has 1 aliphatic heterocycles. The number of thiazole rings is 1. The Labute approximate surface area is 171 Å². The van der Waals surface area contributed by atoms with Gasteiger partial charge in [-0.2, -0.15) is 0 Å². The summed E-state index contributed by atoms with van der Waals surface area (Å²) in [6, 6.07) is 16.2. The van der Waals surface area contributed by atoms with Gasteiger partial charge in [-0.25, -0.2) is 9.37 Å². The van der Waals surface area contributed by atoms with E-state index in [0.717, 1.165) is 34.1 Å². The maximum absolute atomic E-state index is 13.1. The number of rotatable bonds is 3. The van der Waals surface area contributed by atoms with Crippen molar-refractivity contribution in [1.82, 2.24) is 14.5 Å². The molecule has 1 aliphatic rings. The number of anilines is 1. The zero-order chi connectivity index (χ0) is 19.8. The molecule has 2 aromatic carbocycles. The molecule has 5 nitrogen and oxygen atoms in total. The Morgan fingerprint density at radius 2 is 1.69 bits per heavy atom. The summed E-state index contributed by atoms with van der Waals surface area (Å²) in [6.45, 7) is 2.76. The molecule has 1 amide bonds. The summed E-state index contributed by atoms with van der Waals surface area (Å²) in [5, 5.41) is 0.891. The van der Waals surface area contributed by atoms with Crippen LogP contribution in [0, 0.1) is 5.82 Å². The summed E-state index contributed by atoms with van der Waals surface area (Å²) < 4.78 is 16.1. The second kappa shape index (κ2) is 7.33. The third kappa shape index (κ3) is 3.49. The second-order valence-corrected chi connectivity index (χ2v) is 8.03. The molecule has 5 rings (SSSR count). The molecule has 146 valence electrons. The van der Waals surface area contributed by atoms with E-state index in [9.17, 15) is 9.18 Å². The topological polar surface area (TPSA) is 41.4 Å². The molecular formula is C22H19FN4OS. The maximum atomic E-state index is 13.1. The van der Waals surface area contributed by atoms with Gasteiger partial charge < -0.3 is 14.4 Å². The lowest BCUT2D eigenvalue weighted by Gasteiger charge is -2.36. The summed E-state index contributed by atoms with van der Waals surface area (Å²) in [5.41, 5.74) is 2.58. The number of benzene rings is 2. The van der Waals surface area contributed by atoms with Gasteiger partial charge in [-0.1, -0.05) is 11.3 Å². The zero-order valence-corrected chi connectivity index (χ0v) is 16.5. The van der Waals surface area contributed by atoms with Gasteiger partial charge in [0.25, 0.3) is 5.91 Å². The quantitative estimate of drug-likeness (QED) is 0.512. The Balaban J connectivity index is 1.30. The number of hydrogen-bond donors (Lipinski definition) is 0. The van der Waals surface area contributed by atoms with Crippen LogP contribution in [0.4, 0.5) is 10.1 Å². The predicted molar refractivity (Wildman–Crippen MR) is 113 cm³/mol. The average molecular weight is 406 g/mol. The Hall–Kier alpha value is -3.19. The van der Waals surface area contributed by atoms with E-state index in [1.807, 2.05) is 52.2 Å². The van der Waals surface area contributed by atoms with Crippen LogP contribution in [0.3, 0.4) is 0 Å². The van der Waals surface area contributed by atoms with Gasteiger partial charge in [-0.05, 0) is 54.6 Å². The lowest BCUT2D eigenvalue weighted by Crippen LogP contribution is -2.48. The number of aromatic nitrogens is 2. The lowest BCUT2D eigenvalue weighted by atomic mass is 10.1. The molecule has 0 bridgehead atoms. The third-order valence-corrected chi connectivity index (χ3v) is 6.24. The van der Waals surface area contributed by atoms with E-state index in [-0.39, 0.29) is 11.7 Å². The number of carbonyl (C=O) groups excluding carboxylic acids is 1. The maximum Gasteiger partial charge on any atom is 0.254 e. The second-order valence-electron chi connectivity index (χ2n) is 7.02. The summed E-state index contributed by atoms with van der Waals surface area (Å²) in [7, 11) is 0. The van der Waals surface area contributed by atoms with Crippen molar-refractivity contribution in [1.29, 1.82) is 0 Å². The molecule has 0 unspecified atom stereocenters. The fraction of sp³-hybridized carbons (Fsp3) is 0.182. The summed E-state index contributed by atoms with van der Waals surface area (Å²) in [5.74, 6) is -0.192. The third-order valence-electron chi connectivity index (χ3n) is 5.21. The molecule has 3 heterocycles. The van der Waals surface area contributed by atoms with E-state index in [1.165, 1.54) is 12.1 Å². The minimum atomic E-state index is -0.235. The highest BCUT2D eigenvalue weighted by molar-refractivity contribution is 7.20.